The van der Waals surface area contributed by atoms with Crippen LogP contribution in [0.25, 0.3) is 0 Å². The molecule has 18 heavy (non-hydrogen) atoms. The summed E-state index contributed by atoms with van der Waals surface area (Å²) in [6.45, 7) is 0. The van der Waals surface area contributed by atoms with Crippen molar-refractivity contribution >= 4 is 15.9 Å². The lowest BCUT2D eigenvalue weighted by Crippen LogP contribution is -2.58. The Morgan fingerprint density at radius 2 is 2.06 bits per heavy atom. The monoisotopic (exact) mass is 314 g/mol. The zero-order valence-corrected chi connectivity index (χ0v) is 11.6. The molecular weight excluding hydrogens is 299 g/mol. The normalized spacial score (nSPS) is 29.3. The number of ether oxygens (including phenoxy) is 1. The van der Waals surface area contributed by atoms with Crippen LogP contribution in [0.4, 0.5) is 4.39 Å². The van der Waals surface area contributed by atoms with Crippen molar-refractivity contribution in [1.29, 1.82) is 0 Å². The molecule has 2 unspecified atom stereocenters. The van der Waals surface area contributed by atoms with E-state index in [1.807, 2.05) is 0 Å². The molecule has 2 atom stereocenters. The first kappa shape index (κ1) is 12.4. The van der Waals surface area contributed by atoms with Crippen LogP contribution in [0.5, 0.6) is 5.75 Å². The molecule has 1 aromatic carbocycles. The van der Waals surface area contributed by atoms with Crippen molar-refractivity contribution in [3.8, 4) is 5.75 Å². The van der Waals surface area contributed by atoms with Crippen LogP contribution in [-0.4, -0.2) is 17.3 Å². The number of hydrogen-bond acceptors (Lipinski definition) is 2. The van der Waals surface area contributed by atoms with Gasteiger partial charge in [0.05, 0.1) is 10.6 Å². The van der Waals surface area contributed by atoms with E-state index in [2.05, 4.69) is 15.9 Å². The van der Waals surface area contributed by atoms with Gasteiger partial charge in [-0.3, -0.25) is 0 Å². The standard InChI is InChI=1S/C14H16BrFO2/c15-10-4-3-9(16)7-11(10)18-13-8-12(17)14(13)5-1-2-6-14/h3-4,7,12-13,17H,1-2,5-6,8H2. The highest BCUT2D eigenvalue weighted by Crippen LogP contribution is 2.54. The summed E-state index contributed by atoms with van der Waals surface area (Å²) in [5.74, 6) is 0.242. The quantitative estimate of drug-likeness (QED) is 0.902. The van der Waals surface area contributed by atoms with Gasteiger partial charge in [-0.1, -0.05) is 12.8 Å². The Morgan fingerprint density at radius 3 is 2.72 bits per heavy atom. The highest BCUT2D eigenvalue weighted by atomic mass is 79.9. The zero-order chi connectivity index (χ0) is 12.8. The van der Waals surface area contributed by atoms with Gasteiger partial charge < -0.3 is 9.84 Å². The molecule has 0 heterocycles. The first-order valence-electron chi connectivity index (χ1n) is 6.41. The van der Waals surface area contributed by atoms with Crippen LogP contribution in [-0.2, 0) is 0 Å². The molecule has 0 saturated heterocycles. The molecule has 2 saturated carbocycles. The van der Waals surface area contributed by atoms with Gasteiger partial charge >= 0.3 is 0 Å². The second-order valence-electron chi connectivity index (χ2n) is 5.37. The van der Waals surface area contributed by atoms with Crippen molar-refractivity contribution in [2.45, 2.75) is 44.3 Å². The van der Waals surface area contributed by atoms with Gasteiger partial charge in [-0.05, 0) is 40.9 Å². The van der Waals surface area contributed by atoms with Crippen molar-refractivity contribution in [2.24, 2.45) is 5.41 Å². The average Bonchev–Trinajstić information content (AvgIpc) is 2.85. The summed E-state index contributed by atoms with van der Waals surface area (Å²) in [4.78, 5) is 0. The summed E-state index contributed by atoms with van der Waals surface area (Å²) in [5.41, 5.74) is -0.0776. The lowest BCUT2D eigenvalue weighted by molar-refractivity contribution is -0.152. The Bertz CT molecular complexity index is 457. The largest absolute Gasteiger partial charge is 0.488 e. The molecule has 0 radical (unpaired) electrons. The molecule has 1 aromatic rings. The van der Waals surface area contributed by atoms with E-state index in [-0.39, 0.29) is 23.4 Å². The summed E-state index contributed by atoms with van der Waals surface area (Å²) in [6.07, 6.45) is 4.77. The van der Waals surface area contributed by atoms with Gasteiger partial charge in [0, 0.05) is 17.9 Å². The lowest BCUT2D eigenvalue weighted by atomic mass is 9.62. The Labute approximate surface area is 114 Å². The molecule has 0 bridgehead atoms. The van der Waals surface area contributed by atoms with Crippen molar-refractivity contribution in [3.05, 3.63) is 28.5 Å². The Balaban J connectivity index is 1.79. The van der Waals surface area contributed by atoms with Crippen molar-refractivity contribution in [3.63, 3.8) is 0 Å². The highest BCUT2D eigenvalue weighted by molar-refractivity contribution is 9.10. The van der Waals surface area contributed by atoms with E-state index >= 15 is 0 Å². The summed E-state index contributed by atoms with van der Waals surface area (Å²) in [7, 11) is 0. The molecule has 2 nitrogen and oxygen atoms in total. The van der Waals surface area contributed by atoms with Gasteiger partial charge in [0.2, 0.25) is 0 Å². The number of hydrogen-bond donors (Lipinski definition) is 1. The Kier molecular flexibility index (Phi) is 3.10. The van der Waals surface area contributed by atoms with E-state index in [0.717, 1.165) is 30.2 Å². The van der Waals surface area contributed by atoms with E-state index in [9.17, 15) is 9.50 Å². The molecule has 2 fully saturated rings. The molecule has 3 rings (SSSR count). The van der Waals surface area contributed by atoms with Gasteiger partial charge in [-0.15, -0.1) is 0 Å². The molecular formula is C14H16BrFO2. The third-order valence-electron chi connectivity index (χ3n) is 4.44. The lowest BCUT2D eigenvalue weighted by Gasteiger charge is -2.51. The van der Waals surface area contributed by atoms with Crippen LogP contribution in [0, 0.1) is 11.2 Å². The molecule has 0 amide bonds. The Morgan fingerprint density at radius 1 is 1.33 bits per heavy atom. The highest BCUT2D eigenvalue weighted by Gasteiger charge is 2.57. The number of benzene rings is 1. The SMILES string of the molecule is OC1CC(Oc2cc(F)ccc2Br)C12CCCC2. The van der Waals surface area contributed by atoms with Crippen LogP contribution >= 0.6 is 15.9 Å². The van der Waals surface area contributed by atoms with Crippen LogP contribution in [0.2, 0.25) is 0 Å². The fraction of sp³-hybridized carbons (Fsp3) is 0.571. The van der Waals surface area contributed by atoms with Gasteiger partial charge in [-0.25, -0.2) is 4.39 Å². The molecule has 4 heteroatoms. The second kappa shape index (κ2) is 4.49. The number of rotatable bonds is 2. The maximum atomic E-state index is 13.2. The summed E-state index contributed by atoms with van der Waals surface area (Å²) >= 11 is 3.37. The maximum Gasteiger partial charge on any atom is 0.136 e. The smallest absolute Gasteiger partial charge is 0.136 e. The summed E-state index contributed by atoms with van der Waals surface area (Å²) in [5, 5.41) is 10.0. The van der Waals surface area contributed by atoms with Gasteiger partial charge in [-0.2, -0.15) is 0 Å². The van der Waals surface area contributed by atoms with Crippen LogP contribution in [0.15, 0.2) is 22.7 Å². The Hall–Kier alpha value is -0.610. The van der Waals surface area contributed by atoms with Crippen molar-refractivity contribution < 1.29 is 14.2 Å². The summed E-state index contributed by atoms with van der Waals surface area (Å²) < 4.78 is 19.9. The summed E-state index contributed by atoms with van der Waals surface area (Å²) in [6, 6.07) is 4.45. The number of aliphatic hydroxyl groups is 1. The number of aliphatic hydroxyl groups excluding tert-OH is 1. The minimum absolute atomic E-state index is 0.0214. The van der Waals surface area contributed by atoms with E-state index in [1.165, 1.54) is 12.1 Å². The van der Waals surface area contributed by atoms with Crippen molar-refractivity contribution in [1.82, 2.24) is 0 Å². The molecule has 98 valence electrons. The topological polar surface area (TPSA) is 29.5 Å². The first-order chi connectivity index (χ1) is 8.62. The predicted molar refractivity (Wildman–Crippen MR) is 70.0 cm³/mol. The molecule has 2 aliphatic rings. The molecule has 1 N–H and O–H groups in total. The number of halogens is 2. The van der Waals surface area contributed by atoms with E-state index < -0.39 is 0 Å². The fourth-order valence-electron chi connectivity index (χ4n) is 3.30. The maximum absolute atomic E-state index is 13.2. The molecule has 2 aliphatic carbocycles. The average molecular weight is 315 g/mol. The van der Waals surface area contributed by atoms with Crippen LogP contribution in [0.3, 0.4) is 0 Å². The third kappa shape index (κ3) is 1.86. The molecule has 1 spiro atoms. The fourth-order valence-corrected chi connectivity index (χ4v) is 3.64. The minimum Gasteiger partial charge on any atom is -0.488 e. The third-order valence-corrected chi connectivity index (χ3v) is 5.09. The van der Waals surface area contributed by atoms with Crippen LogP contribution < -0.4 is 4.74 Å². The van der Waals surface area contributed by atoms with Crippen LogP contribution in [0.1, 0.15) is 32.1 Å². The van der Waals surface area contributed by atoms with Gasteiger partial charge in [0.15, 0.2) is 0 Å². The van der Waals surface area contributed by atoms with Gasteiger partial charge in [0.25, 0.3) is 0 Å². The molecule has 0 aromatic heterocycles. The minimum atomic E-state index is -0.298. The van der Waals surface area contributed by atoms with E-state index in [4.69, 9.17) is 4.74 Å². The zero-order valence-electron chi connectivity index (χ0n) is 10.0. The van der Waals surface area contributed by atoms with E-state index in [1.54, 1.807) is 6.07 Å². The van der Waals surface area contributed by atoms with Gasteiger partial charge in [0.1, 0.15) is 17.7 Å². The second-order valence-corrected chi connectivity index (χ2v) is 6.23. The van der Waals surface area contributed by atoms with E-state index in [0.29, 0.717) is 12.2 Å². The van der Waals surface area contributed by atoms with Crippen molar-refractivity contribution in [2.75, 3.05) is 0 Å². The first-order valence-corrected chi connectivity index (χ1v) is 7.21. The predicted octanol–water partition coefficient (Wildman–Crippen LogP) is 3.66. The molecule has 0 aliphatic heterocycles.